The number of rotatable bonds is 13. The molecule has 1 saturated heterocycles. The summed E-state index contributed by atoms with van der Waals surface area (Å²) in [6.45, 7) is 2.83. The Balaban J connectivity index is 1.43. The van der Waals surface area contributed by atoms with Crippen molar-refractivity contribution >= 4 is 63.5 Å². The molecule has 4 N–H and O–H groups in total. The van der Waals surface area contributed by atoms with Gasteiger partial charge in [0.15, 0.2) is 10.8 Å². The lowest BCUT2D eigenvalue weighted by Gasteiger charge is -2.49. The van der Waals surface area contributed by atoms with Crippen molar-refractivity contribution in [2.24, 2.45) is 5.16 Å². The average Bonchev–Trinajstić information content (AvgIpc) is 3.54. The number of β-lactam (4-membered cyclic amide) rings is 1. The number of anilines is 1. The highest BCUT2D eigenvalue weighted by molar-refractivity contribution is 8.01. The van der Waals surface area contributed by atoms with Crippen LogP contribution in [0.25, 0.3) is 0 Å². The van der Waals surface area contributed by atoms with Crippen molar-refractivity contribution in [1.82, 2.24) is 35.4 Å². The number of thioether (sulfide) groups is 2. The zero-order valence-corrected chi connectivity index (χ0v) is 23.1. The van der Waals surface area contributed by atoms with Crippen molar-refractivity contribution in [2.45, 2.75) is 55.7 Å². The molecule has 0 saturated carbocycles. The van der Waals surface area contributed by atoms with Crippen molar-refractivity contribution in [1.29, 1.82) is 0 Å². The fourth-order valence-corrected chi connectivity index (χ4v) is 6.91. The molecule has 2 aromatic heterocycles. The third-order valence-corrected chi connectivity index (χ3v) is 8.85. The number of carboxylic acid groups (broad SMARTS) is 1. The molecule has 0 spiro atoms. The molecule has 204 valence electrons. The van der Waals surface area contributed by atoms with Gasteiger partial charge < -0.3 is 21.0 Å². The van der Waals surface area contributed by atoms with E-state index in [9.17, 15) is 19.5 Å². The smallest absolute Gasteiger partial charge is 0.352 e. The number of nitrogens with zero attached hydrogens (tertiary/aromatic N) is 7. The fraction of sp³-hybridized carbons (Fsp3) is 0.524. The van der Waals surface area contributed by atoms with Crippen LogP contribution in [-0.2, 0) is 25.8 Å². The number of aromatic nitrogens is 5. The molecule has 2 aliphatic heterocycles. The summed E-state index contributed by atoms with van der Waals surface area (Å²) in [5.41, 5.74) is 6.25. The summed E-state index contributed by atoms with van der Waals surface area (Å²) in [5, 5.41) is 30.0. The maximum absolute atomic E-state index is 13.0. The Morgan fingerprint density at radius 3 is 2.87 bits per heavy atom. The molecular weight excluding hydrogens is 554 g/mol. The monoisotopic (exact) mass is 581 g/mol. The van der Waals surface area contributed by atoms with Crippen molar-refractivity contribution in [2.75, 3.05) is 24.3 Å². The molecule has 2 aromatic rings. The molecule has 1 unspecified atom stereocenters. The summed E-state index contributed by atoms with van der Waals surface area (Å²) in [7, 11) is 1.28. The van der Waals surface area contributed by atoms with Crippen LogP contribution in [0.15, 0.2) is 27.0 Å². The number of carbonyl (C=O) groups is 3. The van der Waals surface area contributed by atoms with Gasteiger partial charge in [0, 0.05) is 23.4 Å². The average molecular weight is 582 g/mol. The minimum Gasteiger partial charge on any atom is -0.477 e. The largest absolute Gasteiger partial charge is 0.477 e. The summed E-state index contributed by atoms with van der Waals surface area (Å²) in [5.74, 6) is -1.72. The quantitative estimate of drug-likeness (QED) is 0.101. The molecule has 1 fully saturated rings. The fourth-order valence-electron chi connectivity index (χ4n) is 3.98. The first kappa shape index (κ1) is 27.8. The SMILES string of the molecule is CCCCCCn1nnnc1SCC1=C(C(=O)O)N2C(=O)C(NC(=O)C(=NOC)c3csc(N)n3)[C@@H]2SC1. The summed E-state index contributed by atoms with van der Waals surface area (Å²) in [6.07, 6.45) is 4.31. The Hall–Kier alpha value is -3.18. The maximum Gasteiger partial charge on any atom is 0.352 e. The van der Waals surface area contributed by atoms with E-state index in [2.05, 4.69) is 37.9 Å². The number of carbonyl (C=O) groups excluding carboxylic acids is 2. The Labute approximate surface area is 230 Å². The number of aliphatic carboxylic acids is 1. The van der Waals surface area contributed by atoms with Crippen LogP contribution in [0, 0.1) is 0 Å². The predicted octanol–water partition coefficient (Wildman–Crippen LogP) is 1.17. The van der Waals surface area contributed by atoms with Gasteiger partial charge in [-0.2, -0.15) is 0 Å². The highest BCUT2D eigenvalue weighted by Crippen LogP contribution is 2.41. The van der Waals surface area contributed by atoms with E-state index >= 15 is 0 Å². The van der Waals surface area contributed by atoms with Gasteiger partial charge in [-0.3, -0.25) is 14.5 Å². The third kappa shape index (κ3) is 5.94. The first-order valence-corrected chi connectivity index (χ1v) is 14.7. The second kappa shape index (κ2) is 12.6. The lowest BCUT2D eigenvalue weighted by Crippen LogP contribution is -2.71. The van der Waals surface area contributed by atoms with Crippen LogP contribution in [0.5, 0.6) is 0 Å². The van der Waals surface area contributed by atoms with E-state index < -0.39 is 29.2 Å². The number of thiazole rings is 1. The molecule has 38 heavy (non-hydrogen) atoms. The van der Waals surface area contributed by atoms with Gasteiger partial charge >= 0.3 is 5.97 Å². The zero-order valence-electron chi connectivity index (χ0n) is 20.7. The molecule has 0 radical (unpaired) electrons. The first-order valence-electron chi connectivity index (χ1n) is 11.8. The van der Waals surface area contributed by atoms with Crippen LogP contribution in [0.3, 0.4) is 0 Å². The standard InChI is InChI=1S/C21H27N9O5S3/c1-3-4-5-6-7-29-21(25-27-28-29)38-9-11-8-36-18-14(17(32)30(18)15(11)19(33)34)24-16(31)13(26-35-2)12-10-37-20(22)23-12/h10,14,18H,3-9H2,1-2H3,(H2,22,23)(H,24,31)(H,33,34)/t14?,18-/m0/s1. The second-order valence-corrected chi connectivity index (χ2v) is 11.3. The molecule has 0 aromatic carbocycles. The van der Waals surface area contributed by atoms with Crippen LogP contribution in [-0.4, -0.2) is 88.7 Å². The zero-order chi connectivity index (χ0) is 27.2. The van der Waals surface area contributed by atoms with Crippen LogP contribution < -0.4 is 11.1 Å². The Morgan fingerprint density at radius 1 is 1.37 bits per heavy atom. The van der Waals surface area contributed by atoms with Crippen LogP contribution in [0.1, 0.15) is 38.3 Å². The topological polar surface area (TPSA) is 191 Å². The number of nitrogen functional groups attached to an aromatic ring is 1. The number of hydrogen-bond acceptors (Lipinski definition) is 13. The lowest BCUT2D eigenvalue weighted by atomic mass is 10.0. The molecule has 0 aliphatic carbocycles. The molecule has 17 heteroatoms. The number of nitrogens with two attached hydrogens (primary N) is 1. The number of carboxylic acids is 1. The summed E-state index contributed by atoms with van der Waals surface area (Å²) < 4.78 is 1.72. The number of nitrogens with one attached hydrogen (secondary N) is 1. The van der Waals surface area contributed by atoms with Crippen LogP contribution in [0.2, 0.25) is 0 Å². The number of aryl methyl sites for hydroxylation is 1. The van der Waals surface area contributed by atoms with Crippen molar-refractivity contribution in [3.63, 3.8) is 0 Å². The molecular formula is C21H27N9O5S3. The Kier molecular flexibility index (Phi) is 9.22. The lowest BCUT2D eigenvalue weighted by molar-refractivity contribution is -0.150. The minimum atomic E-state index is -1.21. The van der Waals surface area contributed by atoms with Crippen LogP contribution >= 0.6 is 34.9 Å². The number of tetrazole rings is 1. The van der Waals surface area contributed by atoms with Gasteiger partial charge in [0.25, 0.3) is 11.8 Å². The second-order valence-electron chi connectivity index (χ2n) is 8.35. The molecule has 0 bridgehead atoms. The van der Waals surface area contributed by atoms with E-state index in [0.29, 0.717) is 28.8 Å². The van der Waals surface area contributed by atoms with Gasteiger partial charge in [-0.05, 0) is 22.4 Å². The van der Waals surface area contributed by atoms with E-state index in [1.165, 1.54) is 35.5 Å². The van der Waals surface area contributed by atoms with E-state index in [1.54, 1.807) is 10.1 Å². The number of amides is 2. The highest BCUT2D eigenvalue weighted by atomic mass is 32.2. The molecule has 14 nitrogen and oxygen atoms in total. The van der Waals surface area contributed by atoms with E-state index in [1.807, 2.05) is 0 Å². The van der Waals surface area contributed by atoms with Gasteiger partial charge in [-0.1, -0.05) is 43.1 Å². The van der Waals surface area contributed by atoms with Crippen molar-refractivity contribution in [3.05, 3.63) is 22.3 Å². The summed E-state index contributed by atoms with van der Waals surface area (Å²) in [6, 6.07) is -0.926. The molecule has 2 amide bonds. The van der Waals surface area contributed by atoms with Gasteiger partial charge in [0.05, 0.1) is 0 Å². The van der Waals surface area contributed by atoms with Gasteiger partial charge in [-0.25, -0.2) is 14.5 Å². The van der Waals surface area contributed by atoms with Gasteiger partial charge in [0.1, 0.15) is 29.9 Å². The molecule has 2 atom stereocenters. The highest BCUT2D eigenvalue weighted by Gasteiger charge is 2.54. The number of hydrogen-bond donors (Lipinski definition) is 3. The Morgan fingerprint density at radius 2 is 2.18 bits per heavy atom. The predicted molar refractivity (Wildman–Crippen MR) is 142 cm³/mol. The summed E-state index contributed by atoms with van der Waals surface area (Å²) >= 11 is 3.84. The van der Waals surface area contributed by atoms with E-state index in [0.717, 1.165) is 37.0 Å². The minimum absolute atomic E-state index is 0.0724. The molecule has 2 aliphatic rings. The van der Waals surface area contributed by atoms with Crippen molar-refractivity contribution < 1.29 is 24.3 Å². The van der Waals surface area contributed by atoms with Crippen molar-refractivity contribution in [3.8, 4) is 0 Å². The third-order valence-electron chi connectivity index (χ3n) is 5.80. The van der Waals surface area contributed by atoms with Gasteiger partial charge in [-0.15, -0.1) is 28.2 Å². The summed E-state index contributed by atoms with van der Waals surface area (Å²) in [4.78, 5) is 48.1. The molecule has 4 rings (SSSR count). The van der Waals surface area contributed by atoms with E-state index in [-0.39, 0.29) is 22.2 Å². The van der Waals surface area contributed by atoms with Crippen LogP contribution in [0.4, 0.5) is 5.13 Å². The Bertz CT molecular complexity index is 1260. The number of fused-ring (bicyclic) bond motifs is 1. The van der Waals surface area contributed by atoms with Gasteiger partial charge in [0.2, 0.25) is 5.16 Å². The molecule has 4 heterocycles. The maximum atomic E-state index is 13.0. The van der Waals surface area contributed by atoms with E-state index in [4.69, 9.17) is 10.6 Å². The number of oxime groups is 1. The normalized spacial score (nSPS) is 19.3. The number of unbranched alkanes of at least 4 members (excludes halogenated alkanes) is 3. The first-order chi connectivity index (χ1) is 18.3.